The molecule has 3 rings (SSSR count). The number of carbonyl (C=O) groups is 2. The summed E-state index contributed by atoms with van der Waals surface area (Å²) in [5, 5.41) is 14.5. The van der Waals surface area contributed by atoms with Crippen molar-refractivity contribution in [3.63, 3.8) is 0 Å². The zero-order chi connectivity index (χ0) is 19.2. The van der Waals surface area contributed by atoms with Gasteiger partial charge in [-0.25, -0.2) is 0 Å². The first-order chi connectivity index (χ1) is 13.1. The second kappa shape index (κ2) is 8.23. The Labute approximate surface area is 156 Å². The van der Waals surface area contributed by atoms with E-state index in [9.17, 15) is 9.59 Å². The monoisotopic (exact) mass is 365 g/mol. The minimum Gasteiger partial charge on any atom is -0.493 e. The molecular weight excluding hydrogens is 346 g/mol. The highest BCUT2D eigenvalue weighted by molar-refractivity contribution is 5.96. The molecule has 0 aliphatic heterocycles. The van der Waals surface area contributed by atoms with E-state index < -0.39 is 0 Å². The van der Waals surface area contributed by atoms with Crippen LogP contribution in [0, 0.1) is 17.2 Å². The molecule has 1 saturated carbocycles. The van der Waals surface area contributed by atoms with E-state index in [2.05, 4.69) is 10.6 Å². The Morgan fingerprint density at radius 3 is 2.52 bits per heavy atom. The van der Waals surface area contributed by atoms with Gasteiger partial charge in [-0.05, 0) is 43.2 Å². The van der Waals surface area contributed by atoms with Crippen molar-refractivity contribution in [1.82, 2.24) is 0 Å². The Kier molecular flexibility index (Phi) is 5.57. The van der Waals surface area contributed by atoms with Crippen molar-refractivity contribution in [1.29, 1.82) is 5.26 Å². The van der Waals surface area contributed by atoms with E-state index >= 15 is 0 Å². The molecule has 0 saturated heterocycles. The SMILES string of the molecule is COc1cc(C#N)ccc1OCC(=O)Nc1cccc(NC(=O)C2CC2)c1. The van der Waals surface area contributed by atoms with Gasteiger partial charge < -0.3 is 20.1 Å². The van der Waals surface area contributed by atoms with Crippen molar-refractivity contribution in [2.45, 2.75) is 12.8 Å². The third-order valence-corrected chi connectivity index (χ3v) is 4.01. The summed E-state index contributed by atoms with van der Waals surface area (Å²) in [6, 6.07) is 13.7. The number of carbonyl (C=O) groups excluding carboxylic acids is 2. The number of benzene rings is 2. The van der Waals surface area contributed by atoms with Crippen LogP contribution in [0.1, 0.15) is 18.4 Å². The Morgan fingerprint density at radius 1 is 1.11 bits per heavy atom. The van der Waals surface area contributed by atoms with Gasteiger partial charge in [0.05, 0.1) is 18.7 Å². The van der Waals surface area contributed by atoms with Gasteiger partial charge in [-0.3, -0.25) is 9.59 Å². The Balaban J connectivity index is 1.56. The van der Waals surface area contributed by atoms with Crippen LogP contribution >= 0.6 is 0 Å². The van der Waals surface area contributed by atoms with Crippen molar-refractivity contribution in [3.8, 4) is 17.6 Å². The molecule has 138 valence electrons. The first-order valence-electron chi connectivity index (χ1n) is 8.51. The lowest BCUT2D eigenvalue weighted by Gasteiger charge is -2.12. The van der Waals surface area contributed by atoms with Crippen molar-refractivity contribution in [2.75, 3.05) is 24.4 Å². The van der Waals surface area contributed by atoms with Gasteiger partial charge >= 0.3 is 0 Å². The molecule has 0 atom stereocenters. The largest absolute Gasteiger partial charge is 0.493 e. The summed E-state index contributed by atoms with van der Waals surface area (Å²) < 4.78 is 10.6. The minimum absolute atomic E-state index is 0.00900. The fourth-order valence-electron chi connectivity index (χ4n) is 2.46. The quantitative estimate of drug-likeness (QED) is 0.786. The molecule has 0 radical (unpaired) electrons. The van der Waals surface area contributed by atoms with Crippen molar-refractivity contribution >= 4 is 23.2 Å². The van der Waals surface area contributed by atoms with Crippen LogP contribution in [0.15, 0.2) is 42.5 Å². The van der Waals surface area contributed by atoms with E-state index in [1.807, 2.05) is 6.07 Å². The number of anilines is 2. The van der Waals surface area contributed by atoms with Crippen molar-refractivity contribution in [3.05, 3.63) is 48.0 Å². The maximum absolute atomic E-state index is 12.1. The predicted molar refractivity (Wildman–Crippen MR) is 99.6 cm³/mol. The maximum atomic E-state index is 12.1. The molecule has 2 N–H and O–H groups in total. The van der Waals surface area contributed by atoms with Crippen LogP contribution in [-0.4, -0.2) is 25.5 Å². The van der Waals surface area contributed by atoms with Gasteiger partial charge in [-0.15, -0.1) is 0 Å². The van der Waals surface area contributed by atoms with Crippen LogP contribution < -0.4 is 20.1 Å². The second-order valence-corrected chi connectivity index (χ2v) is 6.16. The van der Waals surface area contributed by atoms with E-state index in [4.69, 9.17) is 14.7 Å². The fraction of sp³-hybridized carbons (Fsp3) is 0.250. The van der Waals surface area contributed by atoms with E-state index in [0.717, 1.165) is 12.8 Å². The molecule has 7 nitrogen and oxygen atoms in total. The highest BCUT2D eigenvalue weighted by atomic mass is 16.5. The molecule has 0 heterocycles. The zero-order valence-electron chi connectivity index (χ0n) is 14.8. The number of amides is 2. The first-order valence-corrected chi connectivity index (χ1v) is 8.51. The molecule has 0 unspecified atom stereocenters. The summed E-state index contributed by atoms with van der Waals surface area (Å²) in [5.74, 6) is 0.518. The van der Waals surface area contributed by atoms with E-state index in [1.165, 1.54) is 7.11 Å². The van der Waals surface area contributed by atoms with Crippen molar-refractivity contribution < 1.29 is 19.1 Å². The number of methoxy groups -OCH3 is 1. The number of nitriles is 1. The predicted octanol–water partition coefficient (Wildman–Crippen LogP) is 2.93. The minimum atomic E-state index is -0.355. The molecule has 27 heavy (non-hydrogen) atoms. The molecule has 1 aliphatic carbocycles. The standard InChI is InChI=1S/C20H19N3O4/c1-26-18-9-13(11-21)5-8-17(18)27-12-19(24)22-15-3-2-4-16(10-15)23-20(25)14-6-7-14/h2-5,8-10,14H,6-7,12H2,1H3,(H,22,24)(H,23,25). The number of nitrogens with one attached hydrogen (secondary N) is 2. The number of hydrogen-bond acceptors (Lipinski definition) is 5. The topological polar surface area (TPSA) is 100 Å². The summed E-state index contributed by atoms with van der Waals surface area (Å²) >= 11 is 0. The van der Waals surface area contributed by atoms with Gasteiger partial charge in [0, 0.05) is 23.4 Å². The number of rotatable bonds is 7. The summed E-state index contributed by atoms with van der Waals surface area (Å²) in [4.78, 5) is 24.0. The van der Waals surface area contributed by atoms with Gasteiger partial charge in [0.1, 0.15) is 0 Å². The van der Waals surface area contributed by atoms with Crippen LogP contribution in [0.4, 0.5) is 11.4 Å². The number of nitrogens with zero attached hydrogens (tertiary/aromatic N) is 1. The number of ether oxygens (including phenoxy) is 2. The average molecular weight is 365 g/mol. The fourth-order valence-corrected chi connectivity index (χ4v) is 2.46. The molecule has 0 bridgehead atoms. The first kappa shape index (κ1) is 18.3. The van der Waals surface area contributed by atoms with E-state index in [1.54, 1.807) is 42.5 Å². The van der Waals surface area contributed by atoms with Crippen LogP contribution in [-0.2, 0) is 9.59 Å². The summed E-state index contributed by atoms with van der Waals surface area (Å²) in [5.41, 5.74) is 1.64. The molecule has 0 spiro atoms. The highest BCUT2D eigenvalue weighted by Crippen LogP contribution is 2.30. The van der Waals surface area contributed by atoms with Gasteiger partial charge in [-0.1, -0.05) is 6.07 Å². The molecule has 2 aromatic rings. The summed E-state index contributed by atoms with van der Waals surface area (Å²) in [6.07, 6.45) is 1.86. The lowest BCUT2D eigenvalue weighted by Crippen LogP contribution is -2.20. The average Bonchev–Trinajstić information content (AvgIpc) is 3.52. The maximum Gasteiger partial charge on any atom is 0.262 e. The normalized spacial score (nSPS) is 12.6. The van der Waals surface area contributed by atoms with Crippen LogP contribution in [0.2, 0.25) is 0 Å². The van der Waals surface area contributed by atoms with Crippen LogP contribution in [0.5, 0.6) is 11.5 Å². The zero-order valence-corrected chi connectivity index (χ0v) is 14.8. The number of hydrogen-bond donors (Lipinski definition) is 2. The third-order valence-electron chi connectivity index (χ3n) is 4.01. The third kappa shape index (κ3) is 4.98. The van der Waals surface area contributed by atoms with Gasteiger partial charge in [0.2, 0.25) is 5.91 Å². The Hall–Kier alpha value is -3.53. The lowest BCUT2D eigenvalue weighted by atomic mass is 10.2. The molecule has 1 fully saturated rings. The van der Waals surface area contributed by atoms with Crippen LogP contribution in [0.3, 0.4) is 0 Å². The summed E-state index contributed by atoms with van der Waals surface area (Å²) in [6.45, 7) is -0.221. The molecule has 1 aliphatic rings. The van der Waals surface area contributed by atoms with Crippen LogP contribution in [0.25, 0.3) is 0 Å². The second-order valence-electron chi connectivity index (χ2n) is 6.16. The van der Waals surface area contributed by atoms with Gasteiger partial charge in [0.25, 0.3) is 5.91 Å². The Bertz CT molecular complexity index is 900. The van der Waals surface area contributed by atoms with E-state index in [0.29, 0.717) is 28.4 Å². The molecular formula is C20H19N3O4. The van der Waals surface area contributed by atoms with Crippen molar-refractivity contribution in [2.24, 2.45) is 5.92 Å². The van der Waals surface area contributed by atoms with Gasteiger partial charge in [-0.2, -0.15) is 5.26 Å². The lowest BCUT2D eigenvalue weighted by molar-refractivity contribution is -0.118. The molecule has 2 aromatic carbocycles. The highest BCUT2D eigenvalue weighted by Gasteiger charge is 2.29. The summed E-state index contributed by atoms with van der Waals surface area (Å²) in [7, 11) is 1.46. The Morgan fingerprint density at radius 2 is 1.85 bits per heavy atom. The van der Waals surface area contributed by atoms with E-state index in [-0.39, 0.29) is 24.3 Å². The molecule has 0 aromatic heterocycles. The molecule has 2 amide bonds. The molecule has 7 heteroatoms. The van der Waals surface area contributed by atoms with Gasteiger partial charge in [0.15, 0.2) is 18.1 Å². The smallest absolute Gasteiger partial charge is 0.262 e.